The maximum absolute atomic E-state index is 12.0. The van der Waals surface area contributed by atoms with Crippen molar-refractivity contribution in [1.29, 1.82) is 0 Å². The fourth-order valence-corrected chi connectivity index (χ4v) is 3.14. The molecule has 0 amide bonds. The van der Waals surface area contributed by atoms with Crippen LogP contribution in [0.1, 0.15) is 13.3 Å². The molecule has 0 fully saturated rings. The Balaban J connectivity index is 2.32. The van der Waals surface area contributed by atoms with Crippen LogP contribution in [0.15, 0.2) is 47.5 Å². The van der Waals surface area contributed by atoms with Crippen molar-refractivity contribution < 1.29 is 0 Å². The lowest BCUT2D eigenvalue weighted by molar-refractivity contribution is 0.724. The molecular weight excluding hydrogens is 262 g/mol. The standard InChI is InChI=1S/C17H15N3O/c1-2-9-20-13-6-4-3-5-11(13)15-14(20)8-7-12-16(15)18-10-19-17(12)21/h3-8,10H,2,9H2,1H3,(H,18,19,21). The summed E-state index contributed by atoms with van der Waals surface area (Å²) in [4.78, 5) is 19.1. The highest BCUT2D eigenvalue weighted by Gasteiger charge is 2.14. The van der Waals surface area contributed by atoms with E-state index in [0.29, 0.717) is 5.39 Å². The van der Waals surface area contributed by atoms with E-state index in [9.17, 15) is 4.79 Å². The molecule has 4 nitrogen and oxygen atoms in total. The van der Waals surface area contributed by atoms with E-state index in [1.807, 2.05) is 18.2 Å². The molecule has 0 radical (unpaired) electrons. The molecule has 0 atom stereocenters. The molecule has 0 aliphatic heterocycles. The highest BCUT2D eigenvalue weighted by molar-refractivity contribution is 6.19. The third kappa shape index (κ3) is 1.62. The van der Waals surface area contributed by atoms with E-state index < -0.39 is 0 Å². The van der Waals surface area contributed by atoms with Crippen LogP contribution in [0.5, 0.6) is 0 Å². The maximum atomic E-state index is 12.0. The van der Waals surface area contributed by atoms with Gasteiger partial charge in [-0.1, -0.05) is 25.1 Å². The van der Waals surface area contributed by atoms with Gasteiger partial charge in [-0.3, -0.25) is 4.79 Å². The number of benzene rings is 2. The Morgan fingerprint density at radius 1 is 1.10 bits per heavy atom. The summed E-state index contributed by atoms with van der Waals surface area (Å²) in [5, 5.41) is 2.87. The van der Waals surface area contributed by atoms with Gasteiger partial charge < -0.3 is 9.55 Å². The van der Waals surface area contributed by atoms with Gasteiger partial charge in [-0.25, -0.2) is 4.98 Å². The van der Waals surface area contributed by atoms with Crippen molar-refractivity contribution in [3.05, 3.63) is 53.1 Å². The molecule has 21 heavy (non-hydrogen) atoms. The fraction of sp³-hybridized carbons (Fsp3) is 0.176. The first-order valence-electron chi connectivity index (χ1n) is 7.18. The largest absolute Gasteiger partial charge is 0.340 e. The quantitative estimate of drug-likeness (QED) is 0.610. The summed E-state index contributed by atoms with van der Waals surface area (Å²) in [5.41, 5.74) is 3.03. The lowest BCUT2D eigenvalue weighted by Crippen LogP contribution is -2.06. The Hall–Kier alpha value is -2.62. The monoisotopic (exact) mass is 277 g/mol. The van der Waals surface area contributed by atoms with Gasteiger partial charge in [-0.05, 0) is 24.6 Å². The second-order valence-electron chi connectivity index (χ2n) is 5.26. The Bertz CT molecular complexity index is 1030. The molecule has 0 aliphatic carbocycles. The number of rotatable bonds is 2. The van der Waals surface area contributed by atoms with Crippen LogP contribution in [0.4, 0.5) is 0 Å². The van der Waals surface area contributed by atoms with Crippen molar-refractivity contribution >= 4 is 32.7 Å². The van der Waals surface area contributed by atoms with Crippen LogP contribution in [0.2, 0.25) is 0 Å². The number of aromatic nitrogens is 3. The molecule has 0 bridgehead atoms. The van der Waals surface area contributed by atoms with E-state index in [1.54, 1.807) is 0 Å². The Labute approximate surface area is 121 Å². The zero-order valence-electron chi connectivity index (χ0n) is 11.8. The smallest absolute Gasteiger partial charge is 0.258 e. The van der Waals surface area contributed by atoms with Gasteiger partial charge >= 0.3 is 0 Å². The van der Waals surface area contributed by atoms with Crippen molar-refractivity contribution in [2.75, 3.05) is 0 Å². The van der Waals surface area contributed by atoms with E-state index >= 15 is 0 Å². The predicted octanol–water partition coefficient (Wildman–Crippen LogP) is 3.44. The first kappa shape index (κ1) is 12.1. The summed E-state index contributed by atoms with van der Waals surface area (Å²) >= 11 is 0. The molecule has 2 heterocycles. The molecule has 4 rings (SSSR count). The molecule has 4 aromatic rings. The maximum Gasteiger partial charge on any atom is 0.258 e. The van der Waals surface area contributed by atoms with Gasteiger partial charge in [0.05, 0.1) is 22.7 Å². The van der Waals surface area contributed by atoms with Crippen LogP contribution in [-0.2, 0) is 6.54 Å². The van der Waals surface area contributed by atoms with Gasteiger partial charge in [0, 0.05) is 22.8 Å². The first-order chi connectivity index (χ1) is 10.3. The molecule has 0 unspecified atom stereocenters. The molecular formula is C17H15N3O. The molecule has 1 N–H and O–H groups in total. The van der Waals surface area contributed by atoms with Crippen LogP contribution in [0.25, 0.3) is 32.7 Å². The normalized spacial score (nSPS) is 11.7. The number of aryl methyl sites for hydroxylation is 1. The minimum absolute atomic E-state index is 0.0887. The Morgan fingerprint density at radius 3 is 2.81 bits per heavy atom. The van der Waals surface area contributed by atoms with Gasteiger partial charge in [0.2, 0.25) is 0 Å². The lowest BCUT2D eigenvalue weighted by Gasteiger charge is -2.05. The van der Waals surface area contributed by atoms with E-state index in [-0.39, 0.29) is 5.56 Å². The van der Waals surface area contributed by atoms with Gasteiger partial charge in [0.1, 0.15) is 0 Å². The summed E-state index contributed by atoms with van der Waals surface area (Å²) in [5.74, 6) is 0. The third-order valence-electron chi connectivity index (χ3n) is 3.99. The summed E-state index contributed by atoms with van der Waals surface area (Å²) < 4.78 is 2.31. The van der Waals surface area contributed by atoms with Crippen LogP contribution < -0.4 is 5.56 Å². The fourth-order valence-electron chi connectivity index (χ4n) is 3.14. The number of aromatic amines is 1. The van der Waals surface area contributed by atoms with Crippen molar-refractivity contribution in [3.63, 3.8) is 0 Å². The summed E-state index contributed by atoms with van der Waals surface area (Å²) in [6, 6.07) is 12.2. The number of para-hydroxylation sites is 1. The zero-order chi connectivity index (χ0) is 14.4. The van der Waals surface area contributed by atoms with Crippen molar-refractivity contribution in [2.24, 2.45) is 0 Å². The van der Waals surface area contributed by atoms with Crippen molar-refractivity contribution in [2.45, 2.75) is 19.9 Å². The summed E-state index contributed by atoms with van der Waals surface area (Å²) in [6.07, 6.45) is 2.55. The van der Waals surface area contributed by atoms with Gasteiger partial charge in [0.25, 0.3) is 5.56 Å². The Morgan fingerprint density at radius 2 is 1.95 bits per heavy atom. The number of H-pyrrole nitrogens is 1. The molecule has 0 spiro atoms. The first-order valence-corrected chi connectivity index (χ1v) is 7.18. The summed E-state index contributed by atoms with van der Waals surface area (Å²) in [6.45, 7) is 3.13. The van der Waals surface area contributed by atoms with E-state index in [0.717, 1.165) is 34.8 Å². The zero-order valence-corrected chi connectivity index (χ0v) is 11.8. The van der Waals surface area contributed by atoms with E-state index in [2.05, 4.69) is 39.7 Å². The highest BCUT2D eigenvalue weighted by Crippen LogP contribution is 2.32. The molecule has 4 heteroatoms. The number of hydrogen-bond donors (Lipinski definition) is 1. The Kier molecular flexibility index (Phi) is 2.57. The number of fused-ring (bicyclic) bond motifs is 5. The van der Waals surface area contributed by atoms with Crippen molar-refractivity contribution in [1.82, 2.24) is 14.5 Å². The molecule has 0 aliphatic rings. The molecule has 104 valence electrons. The summed E-state index contributed by atoms with van der Waals surface area (Å²) in [7, 11) is 0. The van der Waals surface area contributed by atoms with Crippen LogP contribution in [0.3, 0.4) is 0 Å². The lowest BCUT2D eigenvalue weighted by atomic mass is 10.1. The number of nitrogens with one attached hydrogen (secondary N) is 1. The molecule has 2 aromatic heterocycles. The molecule has 0 saturated heterocycles. The van der Waals surface area contributed by atoms with Gasteiger partial charge in [-0.2, -0.15) is 0 Å². The average molecular weight is 277 g/mol. The van der Waals surface area contributed by atoms with Gasteiger partial charge in [0.15, 0.2) is 0 Å². The molecule has 0 saturated carbocycles. The van der Waals surface area contributed by atoms with Crippen LogP contribution >= 0.6 is 0 Å². The second kappa shape index (κ2) is 4.45. The molecule has 2 aromatic carbocycles. The third-order valence-corrected chi connectivity index (χ3v) is 3.99. The highest BCUT2D eigenvalue weighted by atomic mass is 16.1. The topological polar surface area (TPSA) is 50.7 Å². The second-order valence-corrected chi connectivity index (χ2v) is 5.26. The van der Waals surface area contributed by atoms with E-state index in [4.69, 9.17) is 0 Å². The average Bonchev–Trinajstić information content (AvgIpc) is 2.83. The number of hydrogen-bond acceptors (Lipinski definition) is 2. The SMILES string of the molecule is CCCn1c2ccccc2c2c3nc[nH]c(=O)c3ccc21. The van der Waals surface area contributed by atoms with Crippen LogP contribution in [0, 0.1) is 0 Å². The van der Waals surface area contributed by atoms with Crippen LogP contribution in [-0.4, -0.2) is 14.5 Å². The predicted molar refractivity (Wildman–Crippen MR) is 85.7 cm³/mol. The van der Waals surface area contributed by atoms with E-state index in [1.165, 1.54) is 11.8 Å². The minimum atomic E-state index is -0.0887. The number of nitrogens with zero attached hydrogens (tertiary/aromatic N) is 2. The minimum Gasteiger partial charge on any atom is -0.340 e. The van der Waals surface area contributed by atoms with Crippen molar-refractivity contribution in [3.8, 4) is 0 Å². The van der Waals surface area contributed by atoms with Gasteiger partial charge in [-0.15, -0.1) is 0 Å².